The van der Waals surface area contributed by atoms with E-state index in [-0.39, 0.29) is 39.1 Å². The van der Waals surface area contributed by atoms with Crippen LogP contribution in [-0.4, -0.2) is 50.3 Å². The predicted octanol–water partition coefficient (Wildman–Crippen LogP) is 5.56. The molecule has 10 heteroatoms. The molecule has 0 bridgehead atoms. The van der Waals surface area contributed by atoms with Crippen molar-refractivity contribution in [1.82, 2.24) is 10.2 Å². The number of nitrogens with zero attached hydrogens (tertiary/aromatic N) is 2. The third kappa shape index (κ3) is 8.21. The summed E-state index contributed by atoms with van der Waals surface area (Å²) in [5.74, 6) is -0.815. The first kappa shape index (κ1) is 30.5. The molecule has 0 heterocycles. The van der Waals surface area contributed by atoms with Gasteiger partial charge in [-0.25, -0.2) is 8.42 Å². The second-order valence-corrected chi connectivity index (χ2v) is 12.1. The first-order valence-corrected chi connectivity index (χ1v) is 14.9. The summed E-state index contributed by atoms with van der Waals surface area (Å²) in [5, 5.41) is 3.33. The summed E-state index contributed by atoms with van der Waals surface area (Å²) in [7, 11) is -4.19. The van der Waals surface area contributed by atoms with Crippen molar-refractivity contribution in [1.29, 1.82) is 0 Å². The lowest BCUT2D eigenvalue weighted by molar-refractivity contribution is -0.139. The standard InChI is InChI=1S/C29H33Cl2N3O4S/c1-4-27(29(36)32-21(2)3)33(16-15-22-11-7-5-8-12-22)28(35)20-34(25-18-23(30)17-24(31)19-25)39(37,38)26-13-9-6-10-14-26/h5-14,17-19,21,27H,4,15-16,20H2,1-3H3,(H,32,36)/t27-/m0/s1. The molecule has 39 heavy (non-hydrogen) atoms. The zero-order chi connectivity index (χ0) is 28.6. The number of rotatable bonds is 12. The van der Waals surface area contributed by atoms with E-state index in [4.69, 9.17) is 23.2 Å². The van der Waals surface area contributed by atoms with E-state index in [0.717, 1.165) is 9.87 Å². The largest absolute Gasteiger partial charge is 0.352 e. The third-order valence-electron chi connectivity index (χ3n) is 6.05. The number of benzene rings is 3. The van der Waals surface area contributed by atoms with Crippen LogP contribution in [0, 0.1) is 0 Å². The minimum atomic E-state index is -4.19. The Kier molecular flexibility index (Phi) is 10.8. The van der Waals surface area contributed by atoms with Crippen molar-refractivity contribution in [2.75, 3.05) is 17.4 Å². The predicted molar refractivity (Wildman–Crippen MR) is 157 cm³/mol. The van der Waals surface area contributed by atoms with Crippen LogP contribution in [0.1, 0.15) is 32.8 Å². The smallest absolute Gasteiger partial charge is 0.264 e. The van der Waals surface area contributed by atoms with Gasteiger partial charge in [0.25, 0.3) is 10.0 Å². The maximum atomic E-state index is 14.0. The van der Waals surface area contributed by atoms with Crippen LogP contribution in [0.2, 0.25) is 10.0 Å². The molecule has 7 nitrogen and oxygen atoms in total. The number of halogens is 2. The molecule has 0 unspecified atom stereocenters. The maximum absolute atomic E-state index is 14.0. The number of amides is 2. The summed E-state index contributed by atoms with van der Waals surface area (Å²) in [6.45, 7) is 5.19. The Hall–Kier alpha value is -3.07. The Morgan fingerprint density at radius 3 is 2.00 bits per heavy atom. The number of anilines is 1. The molecule has 0 aromatic heterocycles. The van der Waals surface area contributed by atoms with Gasteiger partial charge in [-0.05, 0) is 62.6 Å². The molecule has 1 N–H and O–H groups in total. The molecular weight excluding hydrogens is 557 g/mol. The van der Waals surface area contributed by atoms with E-state index in [1.807, 2.05) is 51.1 Å². The van der Waals surface area contributed by atoms with Crippen LogP contribution in [0.5, 0.6) is 0 Å². The van der Waals surface area contributed by atoms with Crippen molar-refractivity contribution < 1.29 is 18.0 Å². The van der Waals surface area contributed by atoms with E-state index in [1.165, 1.54) is 35.2 Å². The Bertz CT molecular complexity index is 1350. The van der Waals surface area contributed by atoms with Crippen LogP contribution >= 0.6 is 23.2 Å². The second-order valence-electron chi connectivity index (χ2n) is 9.36. The summed E-state index contributed by atoms with van der Waals surface area (Å²) in [6, 6.07) is 20.9. The van der Waals surface area contributed by atoms with Crippen LogP contribution in [0.4, 0.5) is 5.69 Å². The topological polar surface area (TPSA) is 86.8 Å². The highest BCUT2D eigenvalue weighted by Gasteiger charge is 2.33. The minimum absolute atomic E-state index is 0.00864. The molecule has 0 saturated carbocycles. The monoisotopic (exact) mass is 589 g/mol. The van der Waals surface area contributed by atoms with Gasteiger partial charge in [-0.2, -0.15) is 0 Å². The molecule has 3 rings (SSSR count). The first-order chi connectivity index (χ1) is 18.5. The van der Waals surface area contributed by atoms with Crippen LogP contribution in [0.15, 0.2) is 83.8 Å². The van der Waals surface area contributed by atoms with Crippen LogP contribution < -0.4 is 9.62 Å². The summed E-state index contributed by atoms with van der Waals surface area (Å²) in [4.78, 5) is 28.6. The third-order valence-corrected chi connectivity index (χ3v) is 8.27. The molecule has 0 aliphatic carbocycles. The lowest BCUT2D eigenvalue weighted by Gasteiger charge is -2.33. The summed E-state index contributed by atoms with van der Waals surface area (Å²) in [5.41, 5.74) is 1.14. The number of hydrogen-bond donors (Lipinski definition) is 1. The zero-order valence-corrected chi connectivity index (χ0v) is 24.5. The van der Waals surface area contributed by atoms with E-state index >= 15 is 0 Å². The van der Waals surface area contributed by atoms with Gasteiger partial charge in [-0.15, -0.1) is 0 Å². The van der Waals surface area contributed by atoms with Crippen molar-refractivity contribution in [2.24, 2.45) is 0 Å². The van der Waals surface area contributed by atoms with Gasteiger partial charge in [0.15, 0.2) is 0 Å². The van der Waals surface area contributed by atoms with Crippen molar-refractivity contribution in [2.45, 2.75) is 50.6 Å². The maximum Gasteiger partial charge on any atom is 0.264 e. The molecule has 0 saturated heterocycles. The SMILES string of the molecule is CC[C@@H](C(=O)NC(C)C)N(CCc1ccccc1)C(=O)CN(c1cc(Cl)cc(Cl)c1)S(=O)(=O)c1ccccc1. The summed E-state index contributed by atoms with van der Waals surface area (Å²) < 4.78 is 28.6. The van der Waals surface area contributed by atoms with Crippen molar-refractivity contribution in [3.63, 3.8) is 0 Å². The molecular formula is C29H33Cl2N3O4S. The quantitative estimate of drug-likeness (QED) is 0.299. The molecule has 208 valence electrons. The van der Waals surface area contributed by atoms with Crippen molar-refractivity contribution in [3.8, 4) is 0 Å². The van der Waals surface area contributed by atoms with Crippen LogP contribution in [-0.2, 0) is 26.0 Å². The number of sulfonamides is 1. The van der Waals surface area contributed by atoms with E-state index in [9.17, 15) is 18.0 Å². The van der Waals surface area contributed by atoms with Gasteiger partial charge in [-0.3, -0.25) is 13.9 Å². The fourth-order valence-electron chi connectivity index (χ4n) is 4.21. The lowest BCUT2D eigenvalue weighted by Crippen LogP contribution is -2.54. The van der Waals surface area contributed by atoms with Gasteiger partial charge in [0.1, 0.15) is 12.6 Å². The van der Waals surface area contributed by atoms with E-state index in [2.05, 4.69) is 5.32 Å². The molecule has 3 aromatic carbocycles. The Morgan fingerprint density at radius 2 is 1.46 bits per heavy atom. The number of nitrogens with one attached hydrogen (secondary N) is 1. The lowest BCUT2D eigenvalue weighted by atomic mass is 10.1. The molecule has 0 aliphatic heterocycles. The average molecular weight is 591 g/mol. The van der Waals surface area contributed by atoms with Gasteiger partial charge >= 0.3 is 0 Å². The fraction of sp³-hybridized carbons (Fsp3) is 0.310. The molecule has 3 aromatic rings. The van der Waals surface area contributed by atoms with Crippen LogP contribution in [0.3, 0.4) is 0 Å². The summed E-state index contributed by atoms with van der Waals surface area (Å²) in [6.07, 6.45) is 0.847. The molecule has 0 radical (unpaired) electrons. The number of carbonyl (C=O) groups is 2. The minimum Gasteiger partial charge on any atom is -0.352 e. The molecule has 0 spiro atoms. The number of hydrogen-bond acceptors (Lipinski definition) is 4. The van der Waals surface area contributed by atoms with Crippen molar-refractivity contribution >= 4 is 50.7 Å². The average Bonchev–Trinajstić information content (AvgIpc) is 2.89. The first-order valence-electron chi connectivity index (χ1n) is 12.7. The fourth-order valence-corrected chi connectivity index (χ4v) is 6.14. The van der Waals surface area contributed by atoms with Gasteiger partial charge < -0.3 is 10.2 Å². The highest BCUT2D eigenvalue weighted by atomic mass is 35.5. The van der Waals surface area contributed by atoms with Crippen molar-refractivity contribution in [3.05, 3.63) is 94.5 Å². The van der Waals surface area contributed by atoms with Gasteiger partial charge in [-0.1, -0.05) is 78.7 Å². The highest BCUT2D eigenvalue weighted by molar-refractivity contribution is 7.92. The summed E-state index contributed by atoms with van der Waals surface area (Å²) >= 11 is 12.4. The Labute approximate surface area is 240 Å². The van der Waals surface area contributed by atoms with Gasteiger partial charge in [0.2, 0.25) is 11.8 Å². The second kappa shape index (κ2) is 13.8. The van der Waals surface area contributed by atoms with E-state index in [1.54, 1.807) is 18.2 Å². The molecule has 0 aliphatic rings. The zero-order valence-electron chi connectivity index (χ0n) is 22.2. The van der Waals surface area contributed by atoms with Gasteiger partial charge in [0, 0.05) is 22.6 Å². The Morgan fingerprint density at radius 1 is 0.897 bits per heavy atom. The van der Waals surface area contributed by atoms with E-state index < -0.39 is 28.5 Å². The molecule has 0 fully saturated rings. The molecule has 2 amide bonds. The van der Waals surface area contributed by atoms with Gasteiger partial charge in [0.05, 0.1) is 10.6 Å². The van der Waals surface area contributed by atoms with E-state index in [0.29, 0.717) is 12.8 Å². The normalized spacial score (nSPS) is 12.2. The molecule has 1 atom stereocenters. The van der Waals surface area contributed by atoms with Crippen LogP contribution in [0.25, 0.3) is 0 Å². The highest BCUT2D eigenvalue weighted by Crippen LogP contribution is 2.30. The number of carbonyl (C=O) groups excluding carboxylic acids is 2. The Balaban J connectivity index is 2.03.